The van der Waals surface area contributed by atoms with Crippen LogP contribution in [0.15, 0.2) is 0 Å². The number of carbonyl (C=O) groups is 3. The Morgan fingerprint density at radius 1 is 0.651 bits per heavy atom. The lowest BCUT2D eigenvalue weighted by Gasteiger charge is -2.32. The lowest BCUT2D eigenvalue weighted by atomic mass is 9.91. The molecule has 0 amide bonds. The van der Waals surface area contributed by atoms with E-state index in [0.717, 1.165) is 90.9 Å². The fourth-order valence-corrected chi connectivity index (χ4v) is 5.36. The molecule has 0 radical (unpaired) electrons. The van der Waals surface area contributed by atoms with Crippen molar-refractivity contribution >= 4 is 17.9 Å². The van der Waals surface area contributed by atoms with Gasteiger partial charge in [-0.15, -0.1) is 0 Å². The predicted octanol–water partition coefficient (Wildman–Crippen LogP) is 5.47. The summed E-state index contributed by atoms with van der Waals surface area (Å²) < 4.78 is 9.99. The molecule has 0 aromatic rings. The summed E-state index contributed by atoms with van der Waals surface area (Å²) in [7, 11) is 0. The Morgan fingerprint density at radius 2 is 1.00 bits per heavy atom. The van der Waals surface area contributed by atoms with Crippen molar-refractivity contribution in [3.8, 4) is 0 Å². The SMILES string of the molecule is CC(C)(C)CCN1CCC(C(=O)O)CC1.CCOC(=O)C1CCN(CCC(C)(C)C)CC1.CCOC(=O)C1CCNCC1. The zero-order valence-electron chi connectivity index (χ0n) is 28.8. The Kier molecular flexibility index (Phi) is 18.6. The third-order valence-electron chi connectivity index (χ3n) is 8.46. The molecule has 0 bridgehead atoms. The van der Waals surface area contributed by atoms with Gasteiger partial charge >= 0.3 is 17.9 Å². The first kappa shape index (κ1) is 39.3. The maximum absolute atomic E-state index is 11.6. The molecule has 9 heteroatoms. The largest absolute Gasteiger partial charge is 0.481 e. The molecule has 3 fully saturated rings. The first-order valence-electron chi connectivity index (χ1n) is 16.9. The summed E-state index contributed by atoms with van der Waals surface area (Å²) in [6.07, 6.45) is 7.82. The monoisotopic (exact) mass is 611 g/mol. The van der Waals surface area contributed by atoms with E-state index < -0.39 is 5.97 Å². The van der Waals surface area contributed by atoms with Crippen molar-refractivity contribution in [2.75, 3.05) is 65.6 Å². The Bertz CT molecular complexity index is 785. The molecule has 43 heavy (non-hydrogen) atoms. The fraction of sp³-hybridized carbons (Fsp3) is 0.912. The number of nitrogens with one attached hydrogen (secondary N) is 1. The molecule has 0 aromatic carbocycles. The Morgan fingerprint density at radius 3 is 1.33 bits per heavy atom. The summed E-state index contributed by atoms with van der Waals surface area (Å²) >= 11 is 0. The number of rotatable bonds is 9. The fourth-order valence-electron chi connectivity index (χ4n) is 5.36. The number of ether oxygens (including phenoxy) is 2. The average Bonchev–Trinajstić information content (AvgIpc) is 2.96. The summed E-state index contributed by atoms with van der Waals surface area (Å²) in [5, 5.41) is 12.1. The Balaban J connectivity index is 0.000000330. The van der Waals surface area contributed by atoms with Gasteiger partial charge in [0.05, 0.1) is 31.0 Å². The van der Waals surface area contributed by atoms with Gasteiger partial charge in [-0.2, -0.15) is 0 Å². The predicted molar refractivity (Wildman–Crippen MR) is 173 cm³/mol. The molecule has 0 aliphatic carbocycles. The Hall–Kier alpha value is -1.71. The van der Waals surface area contributed by atoms with Gasteiger partial charge in [0.1, 0.15) is 0 Å². The summed E-state index contributed by atoms with van der Waals surface area (Å²) in [5.74, 6) is -0.449. The van der Waals surface area contributed by atoms with E-state index in [1.807, 2.05) is 13.8 Å². The van der Waals surface area contributed by atoms with Crippen LogP contribution in [-0.2, 0) is 23.9 Å². The minimum Gasteiger partial charge on any atom is -0.481 e. The van der Waals surface area contributed by atoms with Crippen molar-refractivity contribution in [3.63, 3.8) is 0 Å². The maximum Gasteiger partial charge on any atom is 0.309 e. The van der Waals surface area contributed by atoms with Crippen molar-refractivity contribution in [3.05, 3.63) is 0 Å². The van der Waals surface area contributed by atoms with Crippen LogP contribution in [0.4, 0.5) is 0 Å². The molecule has 9 nitrogen and oxygen atoms in total. The second kappa shape index (κ2) is 20.3. The summed E-state index contributed by atoms with van der Waals surface area (Å²) in [5.41, 5.74) is 0.779. The van der Waals surface area contributed by atoms with E-state index in [2.05, 4.69) is 56.7 Å². The van der Waals surface area contributed by atoms with Crippen LogP contribution in [0.25, 0.3) is 0 Å². The van der Waals surface area contributed by atoms with E-state index in [9.17, 15) is 14.4 Å². The third kappa shape index (κ3) is 18.6. The smallest absolute Gasteiger partial charge is 0.309 e. The highest BCUT2D eigenvalue weighted by Crippen LogP contribution is 2.24. The second-order valence-electron chi connectivity index (χ2n) is 14.7. The molecular formula is C34H65N3O6. The number of carbonyl (C=O) groups excluding carboxylic acids is 2. The highest BCUT2D eigenvalue weighted by atomic mass is 16.5. The number of aliphatic carboxylic acids is 1. The number of hydrogen-bond acceptors (Lipinski definition) is 8. The lowest BCUT2D eigenvalue weighted by molar-refractivity contribution is -0.150. The number of carboxylic acid groups (broad SMARTS) is 1. The molecule has 0 unspecified atom stereocenters. The quantitative estimate of drug-likeness (QED) is 0.328. The van der Waals surface area contributed by atoms with Crippen LogP contribution in [0.5, 0.6) is 0 Å². The standard InChI is InChI=1S/C14H27NO2.C12H23NO2.C8H15NO2/c1-5-17-13(16)12-6-9-15(10-7-12)11-8-14(2,3)4;1-12(2,3)6-9-13-7-4-10(5-8-13)11(14)15;1-2-11-8(10)7-3-5-9-6-4-7/h12H,5-11H2,1-4H3;10H,4-9H2,1-3H3,(H,14,15);7,9H,2-6H2,1H3. The number of hydrogen-bond donors (Lipinski definition) is 2. The van der Waals surface area contributed by atoms with Crippen molar-refractivity contribution in [1.29, 1.82) is 0 Å². The number of esters is 2. The molecule has 0 spiro atoms. The first-order chi connectivity index (χ1) is 20.1. The molecule has 3 aliphatic rings. The molecule has 3 heterocycles. The van der Waals surface area contributed by atoms with Crippen LogP contribution < -0.4 is 5.32 Å². The first-order valence-corrected chi connectivity index (χ1v) is 16.9. The number of nitrogens with zero attached hydrogens (tertiary/aromatic N) is 2. The van der Waals surface area contributed by atoms with Gasteiger partial charge in [-0.1, -0.05) is 41.5 Å². The van der Waals surface area contributed by atoms with Gasteiger partial charge in [-0.25, -0.2) is 0 Å². The van der Waals surface area contributed by atoms with Crippen LogP contribution >= 0.6 is 0 Å². The summed E-state index contributed by atoms with van der Waals surface area (Å²) in [6, 6.07) is 0. The van der Waals surface area contributed by atoms with Crippen molar-refractivity contribution in [2.24, 2.45) is 28.6 Å². The van der Waals surface area contributed by atoms with Gasteiger partial charge in [0.15, 0.2) is 0 Å². The van der Waals surface area contributed by atoms with Crippen molar-refractivity contribution in [1.82, 2.24) is 15.1 Å². The van der Waals surface area contributed by atoms with E-state index in [1.165, 1.54) is 12.8 Å². The van der Waals surface area contributed by atoms with Crippen molar-refractivity contribution < 1.29 is 29.0 Å². The summed E-state index contributed by atoms with van der Waals surface area (Å²) in [4.78, 5) is 38.4. The second-order valence-corrected chi connectivity index (χ2v) is 14.7. The maximum atomic E-state index is 11.6. The van der Waals surface area contributed by atoms with Crippen LogP contribution in [0.3, 0.4) is 0 Å². The van der Waals surface area contributed by atoms with E-state index in [-0.39, 0.29) is 29.7 Å². The molecule has 0 saturated carbocycles. The third-order valence-corrected chi connectivity index (χ3v) is 8.46. The van der Waals surface area contributed by atoms with E-state index in [0.29, 0.717) is 24.0 Å². The van der Waals surface area contributed by atoms with Gasteiger partial charge in [-0.05, 0) is 128 Å². The molecule has 2 N–H and O–H groups in total. The van der Waals surface area contributed by atoms with Gasteiger partial charge in [0, 0.05) is 0 Å². The van der Waals surface area contributed by atoms with Gasteiger partial charge in [0.25, 0.3) is 0 Å². The van der Waals surface area contributed by atoms with Crippen LogP contribution in [0.2, 0.25) is 0 Å². The zero-order chi connectivity index (χ0) is 32.5. The average molecular weight is 612 g/mol. The molecule has 3 aliphatic heterocycles. The number of carboxylic acids is 1. The molecule has 0 atom stereocenters. The minimum absolute atomic E-state index is 0.00275. The lowest BCUT2D eigenvalue weighted by Crippen LogP contribution is -2.38. The van der Waals surface area contributed by atoms with Crippen LogP contribution in [-0.4, -0.2) is 98.4 Å². The van der Waals surface area contributed by atoms with Crippen LogP contribution in [0.1, 0.15) is 107 Å². The summed E-state index contributed by atoms with van der Waals surface area (Å²) in [6.45, 7) is 26.4. The van der Waals surface area contributed by atoms with E-state index >= 15 is 0 Å². The molecule has 0 aromatic heterocycles. The zero-order valence-corrected chi connectivity index (χ0v) is 28.8. The molecular weight excluding hydrogens is 546 g/mol. The minimum atomic E-state index is -0.620. The van der Waals surface area contributed by atoms with Gasteiger partial charge in [-0.3, -0.25) is 14.4 Å². The topological polar surface area (TPSA) is 108 Å². The Labute approximate surface area is 262 Å². The molecule has 3 saturated heterocycles. The highest BCUT2D eigenvalue weighted by molar-refractivity contribution is 5.73. The highest BCUT2D eigenvalue weighted by Gasteiger charge is 2.27. The van der Waals surface area contributed by atoms with Gasteiger partial charge < -0.3 is 29.7 Å². The van der Waals surface area contributed by atoms with Crippen LogP contribution in [0, 0.1) is 28.6 Å². The molecule has 252 valence electrons. The molecule has 3 rings (SSSR count). The van der Waals surface area contributed by atoms with E-state index in [1.54, 1.807) is 0 Å². The van der Waals surface area contributed by atoms with Crippen molar-refractivity contribution in [2.45, 2.75) is 107 Å². The number of likely N-dealkylation sites (tertiary alicyclic amines) is 2. The number of piperidine rings is 3. The van der Waals surface area contributed by atoms with E-state index in [4.69, 9.17) is 14.6 Å². The normalized spacial score (nSPS) is 19.8. The van der Waals surface area contributed by atoms with Gasteiger partial charge in [0.2, 0.25) is 0 Å².